The molecule has 10 heteroatoms. The second-order valence-electron chi connectivity index (χ2n) is 6.68. The lowest BCUT2D eigenvalue weighted by molar-refractivity contribution is 0.137. The molecule has 1 saturated carbocycles. The fourth-order valence-electron chi connectivity index (χ4n) is 3.21. The van der Waals surface area contributed by atoms with Gasteiger partial charge >= 0.3 is 0 Å². The molecule has 27 heavy (non-hydrogen) atoms. The summed E-state index contributed by atoms with van der Waals surface area (Å²) in [5.41, 5.74) is 8.20. The Hall–Kier alpha value is -2.20. The molecule has 0 spiro atoms. The number of aliphatic hydroxyl groups excluding tert-OH is 1. The predicted octanol–water partition coefficient (Wildman–Crippen LogP) is 1.91. The topological polar surface area (TPSA) is 134 Å². The number of sulfonamides is 1. The fourth-order valence-corrected chi connectivity index (χ4v) is 4.84. The summed E-state index contributed by atoms with van der Waals surface area (Å²) in [6.07, 6.45) is 1.27. The quantitative estimate of drug-likeness (QED) is 0.510. The standard InChI is InChI=1S/C17H18ClN5O3S/c18-13-7-11(27(25,26)23-10-5-9(6-10)8-24)1-2-12(13)14-3-4-15-16(20-14)17(19)22-21-15/h1-4,7,9-10,23-24H,5-6,8H2,(H3,19,21,22)/t9-,10+. The normalized spacial score (nSPS) is 19.9. The summed E-state index contributed by atoms with van der Waals surface area (Å²) in [7, 11) is -3.68. The smallest absolute Gasteiger partial charge is 0.240 e. The summed E-state index contributed by atoms with van der Waals surface area (Å²) in [5, 5.41) is 16.0. The predicted molar refractivity (Wildman–Crippen MR) is 103 cm³/mol. The van der Waals surface area contributed by atoms with Gasteiger partial charge in [-0.3, -0.25) is 5.10 Å². The number of hydrogen-bond acceptors (Lipinski definition) is 6. The Labute approximate surface area is 160 Å². The van der Waals surface area contributed by atoms with E-state index in [9.17, 15) is 8.42 Å². The molecule has 4 rings (SSSR count). The van der Waals surface area contributed by atoms with Crippen molar-refractivity contribution >= 4 is 38.5 Å². The van der Waals surface area contributed by atoms with Crippen LogP contribution in [-0.4, -0.2) is 41.4 Å². The van der Waals surface area contributed by atoms with Gasteiger partial charge in [-0.05, 0) is 49.1 Å². The Bertz CT molecular complexity index is 1110. The van der Waals surface area contributed by atoms with Gasteiger partial charge in [-0.1, -0.05) is 11.6 Å². The highest BCUT2D eigenvalue weighted by atomic mass is 35.5. The highest BCUT2D eigenvalue weighted by Gasteiger charge is 2.32. The van der Waals surface area contributed by atoms with Crippen LogP contribution in [0.5, 0.6) is 0 Å². The summed E-state index contributed by atoms with van der Waals surface area (Å²) < 4.78 is 27.7. The summed E-state index contributed by atoms with van der Waals surface area (Å²) in [6, 6.07) is 7.93. The van der Waals surface area contributed by atoms with Crippen molar-refractivity contribution in [2.45, 2.75) is 23.8 Å². The van der Waals surface area contributed by atoms with Gasteiger partial charge in [-0.25, -0.2) is 18.1 Å². The molecule has 2 aromatic heterocycles. The number of hydrogen-bond donors (Lipinski definition) is 4. The number of halogens is 1. The number of rotatable bonds is 5. The first-order chi connectivity index (χ1) is 12.9. The molecule has 0 saturated heterocycles. The van der Waals surface area contributed by atoms with Crippen molar-refractivity contribution in [2.24, 2.45) is 5.92 Å². The first kappa shape index (κ1) is 18.2. The Kier molecular flexibility index (Phi) is 4.55. The summed E-state index contributed by atoms with van der Waals surface area (Å²) >= 11 is 6.34. The second-order valence-corrected chi connectivity index (χ2v) is 8.80. The molecule has 0 atom stereocenters. The second kappa shape index (κ2) is 6.75. The minimum Gasteiger partial charge on any atom is -0.396 e. The maximum Gasteiger partial charge on any atom is 0.240 e. The number of aromatic nitrogens is 3. The molecule has 0 bridgehead atoms. The molecule has 1 aliphatic carbocycles. The van der Waals surface area contributed by atoms with Gasteiger partial charge in [0.25, 0.3) is 0 Å². The zero-order chi connectivity index (χ0) is 19.2. The third-order valence-electron chi connectivity index (χ3n) is 4.78. The average Bonchev–Trinajstić information content (AvgIpc) is 2.98. The number of fused-ring (bicyclic) bond motifs is 1. The number of benzene rings is 1. The van der Waals surface area contributed by atoms with Crippen molar-refractivity contribution < 1.29 is 13.5 Å². The minimum atomic E-state index is -3.68. The van der Waals surface area contributed by atoms with Crippen LogP contribution < -0.4 is 10.5 Å². The van der Waals surface area contributed by atoms with Gasteiger partial charge in [0.2, 0.25) is 10.0 Å². The lowest BCUT2D eigenvalue weighted by Crippen LogP contribution is -2.45. The summed E-state index contributed by atoms with van der Waals surface area (Å²) in [4.78, 5) is 4.54. The first-order valence-corrected chi connectivity index (χ1v) is 10.3. The van der Waals surface area contributed by atoms with Crippen LogP contribution in [0.1, 0.15) is 12.8 Å². The molecule has 1 fully saturated rings. The van der Waals surface area contributed by atoms with Crippen LogP contribution in [0.15, 0.2) is 35.2 Å². The largest absolute Gasteiger partial charge is 0.396 e. The van der Waals surface area contributed by atoms with Crippen molar-refractivity contribution in [3.8, 4) is 11.3 Å². The van der Waals surface area contributed by atoms with E-state index in [0.29, 0.717) is 35.1 Å². The Morgan fingerprint density at radius 2 is 2.07 bits per heavy atom. The lowest BCUT2D eigenvalue weighted by atomic mass is 9.82. The maximum absolute atomic E-state index is 12.5. The molecular weight excluding hydrogens is 390 g/mol. The van der Waals surface area contributed by atoms with E-state index in [1.54, 1.807) is 18.2 Å². The lowest BCUT2D eigenvalue weighted by Gasteiger charge is -2.34. The van der Waals surface area contributed by atoms with Crippen LogP contribution in [0, 0.1) is 5.92 Å². The monoisotopic (exact) mass is 407 g/mol. The van der Waals surface area contributed by atoms with Gasteiger partial charge in [-0.15, -0.1) is 0 Å². The molecule has 1 aliphatic rings. The van der Waals surface area contributed by atoms with Crippen LogP contribution in [0.4, 0.5) is 5.82 Å². The van der Waals surface area contributed by atoms with Crippen LogP contribution >= 0.6 is 11.6 Å². The van der Waals surface area contributed by atoms with Gasteiger partial charge in [0.1, 0.15) is 5.52 Å². The molecule has 1 aromatic carbocycles. The van der Waals surface area contributed by atoms with Crippen molar-refractivity contribution in [1.29, 1.82) is 0 Å². The van der Waals surface area contributed by atoms with Gasteiger partial charge in [-0.2, -0.15) is 5.10 Å². The summed E-state index contributed by atoms with van der Waals surface area (Å²) in [5.74, 6) is 0.452. The molecule has 2 heterocycles. The third kappa shape index (κ3) is 3.39. The number of nitrogens with zero attached hydrogens (tertiary/aromatic N) is 2. The third-order valence-corrected chi connectivity index (χ3v) is 6.61. The molecule has 5 N–H and O–H groups in total. The van der Waals surface area contributed by atoms with Crippen LogP contribution in [0.2, 0.25) is 5.02 Å². The van der Waals surface area contributed by atoms with Crippen molar-refractivity contribution in [1.82, 2.24) is 19.9 Å². The van der Waals surface area contributed by atoms with E-state index in [2.05, 4.69) is 19.9 Å². The minimum absolute atomic E-state index is 0.0806. The molecular formula is C17H18ClN5O3S. The Balaban J connectivity index is 1.61. The van der Waals surface area contributed by atoms with Crippen molar-refractivity contribution in [2.75, 3.05) is 12.3 Å². The molecule has 0 unspecified atom stereocenters. The van der Waals surface area contributed by atoms with E-state index in [0.717, 1.165) is 0 Å². The number of nitrogens with one attached hydrogen (secondary N) is 2. The van der Waals surface area contributed by atoms with E-state index >= 15 is 0 Å². The van der Waals surface area contributed by atoms with E-state index < -0.39 is 10.0 Å². The van der Waals surface area contributed by atoms with Crippen LogP contribution in [-0.2, 0) is 10.0 Å². The van der Waals surface area contributed by atoms with Crippen LogP contribution in [0.3, 0.4) is 0 Å². The zero-order valence-electron chi connectivity index (χ0n) is 14.2. The van der Waals surface area contributed by atoms with Gasteiger partial charge < -0.3 is 10.8 Å². The number of anilines is 1. The number of H-pyrrole nitrogens is 1. The van der Waals surface area contributed by atoms with E-state index in [1.165, 1.54) is 12.1 Å². The van der Waals surface area contributed by atoms with E-state index in [1.807, 2.05) is 0 Å². The Morgan fingerprint density at radius 1 is 1.30 bits per heavy atom. The molecule has 0 radical (unpaired) electrons. The highest BCUT2D eigenvalue weighted by Crippen LogP contribution is 2.32. The molecule has 0 amide bonds. The summed E-state index contributed by atoms with van der Waals surface area (Å²) in [6.45, 7) is 0.0806. The highest BCUT2D eigenvalue weighted by molar-refractivity contribution is 7.89. The van der Waals surface area contributed by atoms with E-state index in [4.69, 9.17) is 22.4 Å². The zero-order valence-corrected chi connectivity index (χ0v) is 15.8. The molecule has 8 nitrogen and oxygen atoms in total. The van der Waals surface area contributed by atoms with Gasteiger partial charge in [0.15, 0.2) is 5.82 Å². The maximum atomic E-state index is 12.5. The fraction of sp³-hybridized carbons (Fsp3) is 0.294. The van der Waals surface area contributed by atoms with Crippen molar-refractivity contribution in [3.05, 3.63) is 35.4 Å². The Morgan fingerprint density at radius 3 is 2.78 bits per heavy atom. The van der Waals surface area contributed by atoms with Gasteiger partial charge in [0, 0.05) is 18.2 Å². The number of nitrogen functional groups attached to an aromatic ring is 1. The average molecular weight is 408 g/mol. The van der Waals surface area contributed by atoms with Crippen molar-refractivity contribution in [3.63, 3.8) is 0 Å². The first-order valence-electron chi connectivity index (χ1n) is 8.41. The molecule has 0 aliphatic heterocycles. The molecule has 3 aromatic rings. The number of nitrogens with two attached hydrogens (primary N) is 1. The van der Waals surface area contributed by atoms with Crippen LogP contribution in [0.25, 0.3) is 22.3 Å². The van der Waals surface area contributed by atoms with E-state index in [-0.39, 0.29) is 34.3 Å². The SMILES string of the molecule is Nc1n[nH]c2ccc(-c3ccc(S(=O)(=O)N[C@H]4C[C@@H](CO)C4)cc3Cl)nc12. The number of pyridine rings is 1. The number of aromatic amines is 1. The molecule has 142 valence electrons. The van der Waals surface area contributed by atoms with Gasteiger partial charge in [0.05, 0.1) is 21.1 Å². The number of aliphatic hydroxyl groups is 1.